The van der Waals surface area contributed by atoms with Gasteiger partial charge in [-0.3, -0.25) is 14.4 Å². The monoisotopic (exact) mass is 835 g/mol. The van der Waals surface area contributed by atoms with Gasteiger partial charge >= 0.3 is 17.9 Å². The lowest BCUT2D eigenvalue weighted by atomic mass is 10.0. The molecule has 0 saturated carbocycles. The van der Waals surface area contributed by atoms with Crippen molar-refractivity contribution >= 4 is 17.9 Å². The van der Waals surface area contributed by atoms with Gasteiger partial charge in [0.2, 0.25) is 0 Å². The van der Waals surface area contributed by atoms with E-state index in [1.165, 1.54) is 173 Å². The molecule has 0 N–H and O–H groups in total. The van der Waals surface area contributed by atoms with E-state index in [4.69, 9.17) is 14.2 Å². The molecule has 0 aromatic rings. The number of esters is 3. The minimum atomic E-state index is -0.759. The van der Waals surface area contributed by atoms with Crippen LogP contribution in [0.15, 0.2) is 0 Å². The van der Waals surface area contributed by atoms with Crippen molar-refractivity contribution in [3.05, 3.63) is 0 Å². The summed E-state index contributed by atoms with van der Waals surface area (Å²) < 4.78 is 16.7. The molecule has 59 heavy (non-hydrogen) atoms. The van der Waals surface area contributed by atoms with Gasteiger partial charge in [-0.2, -0.15) is 0 Å². The Hall–Kier alpha value is -1.59. The molecule has 0 spiro atoms. The smallest absolute Gasteiger partial charge is 0.306 e. The fourth-order valence-corrected chi connectivity index (χ4v) is 7.99. The molecule has 0 aliphatic carbocycles. The van der Waals surface area contributed by atoms with Gasteiger partial charge in [-0.25, -0.2) is 0 Å². The molecule has 6 nitrogen and oxygen atoms in total. The minimum Gasteiger partial charge on any atom is -0.462 e. The zero-order chi connectivity index (χ0) is 43.3. The average molecular weight is 835 g/mol. The Bertz CT molecular complexity index is 900. The van der Waals surface area contributed by atoms with Gasteiger partial charge in [-0.05, 0) is 31.1 Å². The van der Waals surface area contributed by atoms with Crippen LogP contribution in [0.3, 0.4) is 0 Å². The Balaban J connectivity index is 4.09. The maximum absolute atomic E-state index is 12.7. The van der Waals surface area contributed by atoms with Gasteiger partial charge < -0.3 is 14.2 Å². The predicted molar refractivity (Wildman–Crippen MR) is 252 cm³/mol. The lowest BCUT2D eigenvalue weighted by molar-refractivity contribution is -0.167. The summed E-state index contributed by atoms with van der Waals surface area (Å²) in [5, 5.41) is 0. The van der Waals surface area contributed by atoms with Crippen LogP contribution in [-0.4, -0.2) is 37.2 Å². The average Bonchev–Trinajstić information content (AvgIpc) is 3.20. The quantitative estimate of drug-likeness (QED) is 0.0345. The second-order valence-corrected chi connectivity index (χ2v) is 19.1. The summed E-state index contributed by atoms with van der Waals surface area (Å²) in [6.45, 7) is 11.3. The van der Waals surface area contributed by atoms with Crippen LogP contribution in [0.1, 0.15) is 291 Å². The zero-order valence-electron chi connectivity index (χ0n) is 40.4. The molecule has 0 fully saturated rings. The summed E-state index contributed by atoms with van der Waals surface area (Å²) in [5.74, 6) is 0.836. The van der Waals surface area contributed by atoms with Crippen LogP contribution in [0.5, 0.6) is 0 Å². The van der Waals surface area contributed by atoms with Gasteiger partial charge in [0.15, 0.2) is 6.10 Å². The van der Waals surface area contributed by atoms with E-state index in [9.17, 15) is 14.4 Å². The zero-order valence-corrected chi connectivity index (χ0v) is 40.4. The first-order valence-electron chi connectivity index (χ1n) is 26.2. The van der Waals surface area contributed by atoms with Gasteiger partial charge in [-0.1, -0.05) is 253 Å². The molecular formula is C53H102O6. The normalized spacial score (nSPS) is 12.1. The van der Waals surface area contributed by atoms with Crippen molar-refractivity contribution in [3.63, 3.8) is 0 Å². The summed E-state index contributed by atoms with van der Waals surface area (Å²) in [4.78, 5) is 37.7. The van der Waals surface area contributed by atoms with Crippen LogP contribution in [0.4, 0.5) is 0 Å². The van der Waals surface area contributed by atoms with Crippen LogP contribution in [0, 0.1) is 11.8 Å². The van der Waals surface area contributed by atoms with Gasteiger partial charge in [0.05, 0.1) is 0 Å². The number of carbonyl (C=O) groups is 3. The molecule has 0 amide bonds. The van der Waals surface area contributed by atoms with Crippen molar-refractivity contribution in [2.45, 2.75) is 298 Å². The third-order valence-electron chi connectivity index (χ3n) is 12.0. The highest BCUT2D eigenvalue weighted by Crippen LogP contribution is 2.18. The van der Waals surface area contributed by atoms with Gasteiger partial charge in [0.25, 0.3) is 0 Å². The van der Waals surface area contributed by atoms with Crippen LogP contribution in [-0.2, 0) is 28.6 Å². The van der Waals surface area contributed by atoms with E-state index in [0.29, 0.717) is 19.3 Å². The van der Waals surface area contributed by atoms with E-state index in [0.717, 1.165) is 76.0 Å². The third-order valence-corrected chi connectivity index (χ3v) is 12.0. The van der Waals surface area contributed by atoms with Gasteiger partial charge in [0, 0.05) is 19.3 Å². The van der Waals surface area contributed by atoms with E-state index in [1.54, 1.807) is 0 Å². The first kappa shape index (κ1) is 57.4. The molecule has 0 aromatic heterocycles. The predicted octanol–water partition coefficient (Wildman–Crippen LogP) is 16.9. The lowest BCUT2D eigenvalue weighted by Crippen LogP contribution is -2.30. The fourth-order valence-electron chi connectivity index (χ4n) is 7.99. The van der Waals surface area contributed by atoms with E-state index in [2.05, 4.69) is 34.6 Å². The van der Waals surface area contributed by atoms with E-state index in [-0.39, 0.29) is 31.1 Å². The Morgan fingerprint density at radius 3 is 0.831 bits per heavy atom. The largest absolute Gasteiger partial charge is 0.462 e. The molecule has 0 saturated heterocycles. The molecule has 0 radical (unpaired) electrons. The Morgan fingerprint density at radius 2 is 0.559 bits per heavy atom. The first-order valence-corrected chi connectivity index (χ1v) is 26.2. The minimum absolute atomic E-state index is 0.0644. The summed E-state index contributed by atoms with van der Waals surface area (Å²) in [6, 6.07) is 0. The SMILES string of the molecule is CCCCCCCC(=O)OC[C@H](COC(=O)CCCCCCCCCCCCCCCCCC(C)C)OC(=O)CCCCCCCCCCCCCCCCCC(C)C. The van der Waals surface area contributed by atoms with E-state index >= 15 is 0 Å². The van der Waals surface area contributed by atoms with Crippen LogP contribution in [0.2, 0.25) is 0 Å². The highest BCUT2D eigenvalue weighted by molar-refractivity contribution is 5.71. The maximum atomic E-state index is 12.7. The maximum Gasteiger partial charge on any atom is 0.306 e. The lowest BCUT2D eigenvalue weighted by Gasteiger charge is -2.18. The second kappa shape index (κ2) is 45.9. The van der Waals surface area contributed by atoms with E-state index < -0.39 is 6.10 Å². The van der Waals surface area contributed by atoms with Crippen molar-refractivity contribution < 1.29 is 28.6 Å². The molecule has 350 valence electrons. The molecule has 0 bridgehead atoms. The van der Waals surface area contributed by atoms with Gasteiger partial charge in [0.1, 0.15) is 13.2 Å². The highest BCUT2D eigenvalue weighted by Gasteiger charge is 2.19. The van der Waals surface area contributed by atoms with Crippen molar-refractivity contribution in [1.29, 1.82) is 0 Å². The molecule has 0 heterocycles. The Kier molecular flexibility index (Phi) is 44.7. The summed E-state index contributed by atoms with van der Waals surface area (Å²) in [5.41, 5.74) is 0. The Labute approximate surface area is 368 Å². The molecule has 1 atom stereocenters. The third kappa shape index (κ3) is 47.3. The number of carbonyl (C=O) groups excluding carboxylic acids is 3. The number of ether oxygens (including phenoxy) is 3. The van der Waals surface area contributed by atoms with Crippen LogP contribution < -0.4 is 0 Å². The van der Waals surface area contributed by atoms with Crippen molar-refractivity contribution in [3.8, 4) is 0 Å². The molecule has 0 aliphatic heterocycles. The fraction of sp³-hybridized carbons (Fsp3) is 0.943. The van der Waals surface area contributed by atoms with Crippen LogP contribution in [0.25, 0.3) is 0 Å². The van der Waals surface area contributed by atoms with Gasteiger partial charge in [-0.15, -0.1) is 0 Å². The standard InChI is InChI=1S/C53H102O6/c1-6-7-8-31-38-43-51(54)57-46-50(59-53(56)45-40-35-30-26-22-18-14-10-12-16-20-24-28-33-37-42-49(4)5)47-58-52(55)44-39-34-29-25-21-17-13-9-11-15-19-23-27-32-36-41-48(2)3/h48-50H,6-47H2,1-5H3/t50-/m1/s1. The molecule has 0 aliphatic rings. The molecule has 6 heteroatoms. The molecular weight excluding hydrogens is 733 g/mol. The molecule has 0 aromatic carbocycles. The molecule has 0 unspecified atom stereocenters. The topological polar surface area (TPSA) is 78.9 Å². The molecule has 0 rings (SSSR count). The Morgan fingerprint density at radius 1 is 0.322 bits per heavy atom. The number of hydrogen-bond acceptors (Lipinski definition) is 6. The van der Waals surface area contributed by atoms with Crippen LogP contribution >= 0.6 is 0 Å². The summed E-state index contributed by atoms with van der Waals surface area (Å²) >= 11 is 0. The van der Waals surface area contributed by atoms with Crippen molar-refractivity contribution in [1.82, 2.24) is 0 Å². The second-order valence-electron chi connectivity index (χ2n) is 19.1. The number of rotatable bonds is 47. The van der Waals surface area contributed by atoms with Crippen molar-refractivity contribution in [2.24, 2.45) is 11.8 Å². The first-order chi connectivity index (χ1) is 28.7. The number of hydrogen-bond donors (Lipinski definition) is 0. The van der Waals surface area contributed by atoms with E-state index in [1.807, 2.05) is 0 Å². The number of unbranched alkanes of at least 4 members (excludes halogenated alkanes) is 32. The summed E-state index contributed by atoms with van der Waals surface area (Å²) in [7, 11) is 0. The van der Waals surface area contributed by atoms with Crippen molar-refractivity contribution in [2.75, 3.05) is 13.2 Å². The summed E-state index contributed by atoms with van der Waals surface area (Å²) in [6.07, 6.45) is 47.0. The highest BCUT2D eigenvalue weighted by atomic mass is 16.6.